The number of rotatable bonds is 4. The molecule has 1 aromatic carbocycles. The van der Waals surface area contributed by atoms with Crippen molar-refractivity contribution in [1.29, 1.82) is 0 Å². The van der Waals surface area contributed by atoms with Crippen LogP contribution in [0.4, 0.5) is 5.69 Å². The normalized spacial score (nSPS) is 24.2. The molecule has 2 fully saturated rings. The number of benzene rings is 1. The topological polar surface area (TPSA) is 26.7 Å². The van der Waals surface area contributed by atoms with Crippen LogP contribution in [0.1, 0.15) is 31.2 Å². The molecule has 2 heterocycles. The summed E-state index contributed by atoms with van der Waals surface area (Å²) < 4.78 is 0. The second-order valence-corrected chi connectivity index (χ2v) is 6.29. The summed E-state index contributed by atoms with van der Waals surface area (Å²) >= 11 is 0. The van der Waals surface area contributed by atoms with Crippen LogP contribution in [0.15, 0.2) is 24.3 Å². The number of likely N-dealkylation sites (tertiary alicyclic amines) is 1. The van der Waals surface area contributed by atoms with Crippen LogP contribution < -0.4 is 4.90 Å². The van der Waals surface area contributed by atoms with Crippen molar-refractivity contribution in [3.05, 3.63) is 29.8 Å². The summed E-state index contributed by atoms with van der Waals surface area (Å²) in [5.41, 5.74) is 2.77. The molecule has 0 bridgehead atoms. The van der Waals surface area contributed by atoms with E-state index >= 15 is 0 Å². The van der Waals surface area contributed by atoms with E-state index in [2.05, 4.69) is 34.1 Å². The minimum atomic E-state index is 0.338. The molecule has 2 aliphatic rings. The summed E-state index contributed by atoms with van der Waals surface area (Å²) in [6.45, 7) is 5.96. The molecule has 20 heavy (non-hydrogen) atoms. The van der Waals surface area contributed by atoms with Crippen molar-refractivity contribution < 1.29 is 5.11 Å². The highest BCUT2D eigenvalue weighted by molar-refractivity contribution is 5.47. The maximum absolute atomic E-state index is 9.20. The molecule has 0 aliphatic carbocycles. The number of piperidine rings is 1. The molecule has 3 heteroatoms. The third-order valence-corrected chi connectivity index (χ3v) is 4.69. The average Bonchev–Trinajstić information content (AvgIpc) is 2.97. The van der Waals surface area contributed by atoms with Gasteiger partial charge in [-0.1, -0.05) is 12.1 Å². The van der Waals surface area contributed by atoms with Crippen molar-refractivity contribution >= 4 is 5.69 Å². The molecule has 0 saturated carbocycles. The number of hydrogen-bond acceptors (Lipinski definition) is 3. The third-order valence-electron chi connectivity index (χ3n) is 4.69. The zero-order valence-electron chi connectivity index (χ0n) is 12.3. The zero-order chi connectivity index (χ0) is 13.8. The first-order chi connectivity index (χ1) is 9.85. The molecule has 2 aliphatic heterocycles. The van der Waals surface area contributed by atoms with Crippen LogP contribution in [-0.4, -0.2) is 42.8 Å². The van der Waals surface area contributed by atoms with E-state index in [0.717, 1.165) is 26.1 Å². The molecule has 1 aromatic rings. The minimum absolute atomic E-state index is 0.338. The Morgan fingerprint density at radius 3 is 2.40 bits per heavy atom. The molecule has 1 atom stereocenters. The Morgan fingerprint density at radius 1 is 1.00 bits per heavy atom. The first-order valence-corrected chi connectivity index (χ1v) is 8.02. The Hall–Kier alpha value is -1.06. The van der Waals surface area contributed by atoms with Gasteiger partial charge in [0.2, 0.25) is 0 Å². The monoisotopic (exact) mass is 274 g/mol. The van der Waals surface area contributed by atoms with Crippen LogP contribution in [0.5, 0.6) is 0 Å². The maximum atomic E-state index is 9.20. The van der Waals surface area contributed by atoms with Crippen molar-refractivity contribution in [2.75, 3.05) is 37.7 Å². The van der Waals surface area contributed by atoms with Gasteiger partial charge in [-0.05, 0) is 55.8 Å². The van der Waals surface area contributed by atoms with Gasteiger partial charge < -0.3 is 10.0 Å². The second kappa shape index (κ2) is 6.59. The van der Waals surface area contributed by atoms with E-state index in [9.17, 15) is 5.11 Å². The maximum Gasteiger partial charge on any atom is 0.0471 e. The van der Waals surface area contributed by atoms with E-state index in [1.165, 1.54) is 43.6 Å². The Bertz CT molecular complexity index is 412. The summed E-state index contributed by atoms with van der Waals surface area (Å²) in [5, 5.41) is 9.20. The summed E-state index contributed by atoms with van der Waals surface area (Å²) in [6.07, 6.45) is 5.19. The van der Waals surface area contributed by atoms with Crippen molar-refractivity contribution in [1.82, 2.24) is 4.90 Å². The van der Waals surface area contributed by atoms with Gasteiger partial charge in [0.05, 0.1) is 0 Å². The van der Waals surface area contributed by atoms with Crippen LogP contribution in [0, 0.1) is 5.92 Å². The van der Waals surface area contributed by atoms with E-state index in [0.29, 0.717) is 12.5 Å². The fourth-order valence-corrected chi connectivity index (χ4v) is 3.43. The lowest BCUT2D eigenvalue weighted by atomic mass is 10.1. The van der Waals surface area contributed by atoms with Crippen molar-refractivity contribution in [3.8, 4) is 0 Å². The average molecular weight is 274 g/mol. The van der Waals surface area contributed by atoms with Crippen molar-refractivity contribution in [2.24, 2.45) is 5.92 Å². The third kappa shape index (κ3) is 3.33. The molecule has 1 N–H and O–H groups in total. The summed E-state index contributed by atoms with van der Waals surface area (Å²) in [5.74, 6) is 0.489. The molecular weight excluding hydrogens is 248 g/mol. The number of aliphatic hydroxyl groups is 1. The van der Waals surface area contributed by atoms with Gasteiger partial charge in [0.1, 0.15) is 0 Å². The molecule has 3 rings (SSSR count). The van der Waals surface area contributed by atoms with Crippen LogP contribution in [0.25, 0.3) is 0 Å². The van der Waals surface area contributed by atoms with E-state index in [-0.39, 0.29) is 0 Å². The van der Waals surface area contributed by atoms with Gasteiger partial charge in [0.25, 0.3) is 0 Å². The number of nitrogens with zero attached hydrogens (tertiary/aromatic N) is 2. The SMILES string of the molecule is OCC1CCN(Cc2ccc(N3CCCCC3)cc2)C1. The van der Waals surface area contributed by atoms with E-state index in [1.807, 2.05) is 0 Å². The molecule has 1 unspecified atom stereocenters. The van der Waals surface area contributed by atoms with Gasteiger partial charge in [-0.2, -0.15) is 0 Å². The molecule has 2 saturated heterocycles. The standard InChI is InChI=1S/C17H26N2O/c20-14-16-8-11-18(13-16)12-15-4-6-17(7-5-15)19-9-2-1-3-10-19/h4-7,16,20H,1-3,8-14H2. The predicted molar refractivity (Wildman–Crippen MR) is 83.0 cm³/mol. The largest absolute Gasteiger partial charge is 0.396 e. The highest BCUT2D eigenvalue weighted by atomic mass is 16.3. The van der Waals surface area contributed by atoms with Crippen LogP contribution >= 0.6 is 0 Å². The smallest absolute Gasteiger partial charge is 0.0471 e. The lowest BCUT2D eigenvalue weighted by molar-refractivity contribution is 0.220. The van der Waals surface area contributed by atoms with Crippen LogP contribution in [-0.2, 0) is 6.54 Å². The fourth-order valence-electron chi connectivity index (χ4n) is 3.43. The van der Waals surface area contributed by atoms with Crippen molar-refractivity contribution in [3.63, 3.8) is 0 Å². The summed E-state index contributed by atoms with van der Waals surface area (Å²) in [7, 11) is 0. The highest BCUT2D eigenvalue weighted by Crippen LogP contribution is 2.22. The summed E-state index contributed by atoms with van der Waals surface area (Å²) in [4.78, 5) is 4.96. The van der Waals surface area contributed by atoms with Gasteiger partial charge in [0.15, 0.2) is 0 Å². The van der Waals surface area contributed by atoms with Gasteiger partial charge in [-0.3, -0.25) is 4.90 Å². The van der Waals surface area contributed by atoms with Gasteiger partial charge >= 0.3 is 0 Å². The zero-order valence-corrected chi connectivity index (χ0v) is 12.3. The molecule has 110 valence electrons. The predicted octanol–water partition coefficient (Wildman–Crippen LogP) is 2.49. The molecule has 0 amide bonds. The Kier molecular flexibility index (Phi) is 4.58. The Balaban J connectivity index is 1.56. The fraction of sp³-hybridized carbons (Fsp3) is 0.647. The van der Waals surface area contributed by atoms with Crippen LogP contribution in [0.3, 0.4) is 0 Å². The number of aliphatic hydroxyl groups excluding tert-OH is 1. The van der Waals surface area contributed by atoms with Gasteiger partial charge in [-0.15, -0.1) is 0 Å². The lowest BCUT2D eigenvalue weighted by Gasteiger charge is -2.29. The lowest BCUT2D eigenvalue weighted by Crippen LogP contribution is -2.29. The molecule has 0 aromatic heterocycles. The van der Waals surface area contributed by atoms with Crippen LogP contribution in [0.2, 0.25) is 0 Å². The quantitative estimate of drug-likeness (QED) is 0.914. The number of hydrogen-bond donors (Lipinski definition) is 1. The van der Waals surface area contributed by atoms with Crippen molar-refractivity contribution in [2.45, 2.75) is 32.2 Å². The van der Waals surface area contributed by atoms with E-state index in [4.69, 9.17) is 0 Å². The number of anilines is 1. The first kappa shape index (κ1) is 13.9. The first-order valence-electron chi connectivity index (χ1n) is 8.02. The minimum Gasteiger partial charge on any atom is -0.396 e. The van der Waals surface area contributed by atoms with Gasteiger partial charge in [0, 0.05) is 38.5 Å². The highest BCUT2D eigenvalue weighted by Gasteiger charge is 2.21. The van der Waals surface area contributed by atoms with Gasteiger partial charge in [-0.25, -0.2) is 0 Å². The van der Waals surface area contributed by atoms with E-state index < -0.39 is 0 Å². The Morgan fingerprint density at radius 2 is 1.75 bits per heavy atom. The molecule has 0 spiro atoms. The molecule has 0 radical (unpaired) electrons. The second-order valence-electron chi connectivity index (χ2n) is 6.29. The molecular formula is C17H26N2O. The summed E-state index contributed by atoms with van der Waals surface area (Å²) in [6, 6.07) is 9.10. The molecule has 3 nitrogen and oxygen atoms in total. The Labute approximate surface area is 122 Å². The van der Waals surface area contributed by atoms with E-state index in [1.54, 1.807) is 0 Å².